The lowest BCUT2D eigenvalue weighted by Gasteiger charge is -2.29. The second-order valence-corrected chi connectivity index (χ2v) is 12.1. The highest BCUT2D eigenvalue weighted by atomic mass is 35.5. The summed E-state index contributed by atoms with van der Waals surface area (Å²) in [5.74, 6) is 0. The van der Waals surface area contributed by atoms with Crippen LogP contribution in [0.15, 0.2) is 69.0 Å². The van der Waals surface area contributed by atoms with E-state index in [1.54, 1.807) is 31.4 Å². The normalized spacial score (nSPS) is 19.4. The molecule has 10 heteroatoms. The van der Waals surface area contributed by atoms with Crippen molar-refractivity contribution in [2.75, 3.05) is 6.26 Å². The Morgan fingerprint density at radius 1 is 0.972 bits per heavy atom. The molecule has 1 heterocycles. The van der Waals surface area contributed by atoms with E-state index in [0.717, 1.165) is 11.1 Å². The molecule has 0 bridgehead atoms. The molecule has 4 rings (SSSR count). The maximum absolute atomic E-state index is 14.3. The molecule has 3 aromatic carbocycles. The zero-order chi connectivity index (χ0) is 26.5. The fourth-order valence-corrected chi connectivity index (χ4v) is 6.20. The molecule has 0 amide bonds. The van der Waals surface area contributed by atoms with Crippen molar-refractivity contribution < 1.29 is 22.2 Å². The number of nitrogens with zero attached hydrogens (tertiary/aromatic N) is 2. The molecule has 0 saturated heterocycles. The Kier molecular flexibility index (Phi) is 6.92. The van der Waals surface area contributed by atoms with E-state index in [1.807, 2.05) is 32.0 Å². The SMILES string of the molecule is Cc1cc(C)cc(S(C)(=O)=Nc2ccc(C3=NOC(c4cc(Cl)cc(Cl)c4)(C(F)(F)F)C3)cc2C)c1. The second kappa shape index (κ2) is 9.39. The van der Waals surface area contributed by atoms with E-state index in [-0.39, 0.29) is 21.3 Å². The van der Waals surface area contributed by atoms with Crippen LogP contribution in [0.1, 0.15) is 34.2 Å². The van der Waals surface area contributed by atoms with Crippen LogP contribution in [0.25, 0.3) is 0 Å². The van der Waals surface area contributed by atoms with Gasteiger partial charge in [0.2, 0.25) is 0 Å². The number of hydrogen-bond acceptors (Lipinski definition) is 4. The van der Waals surface area contributed by atoms with Crippen LogP contribution in [-0.2, 0) is 20.2 Å². The van der Waals surface area contributed by atoms with Gasteiger partial charge in [-0.3, -0.25) is 0 Å². The lowest BCUT2D eigenvalue weighted by Crippen LogP contribution is -2.42. The molecule has 0 saturated carbocycles. The third-order valence-electron chi connectivity index (χ3n) is 5.95. The van der Waals surface area contributed by atoms with Crippen LogP contribution in [0.3, 0.4) is 0 Å². The van der Waals surface area contributed by atoms with Crippen molar-refractivity contribution in [2.45, 2.75) is 43.9 Å². The van der Waals surface area contributed by atoms with Gasteiger partial charge in [0.15, 0.2) is 0 Å². The first-order chi connectivity index (χ1) is 16.7. The highest BCUT2D eigenvalue weighted by Crippen LogP contribution is 2.49. The Morgan fingerprint density at radius 2 is 1.58 bits per heavy atom. The van der Waals surface area contributed by atoms with Crippen molar-refractivity contribution in [2.24, 2.45) is 9.52 Å². The molecule has 190 valence electrons. The van der Waals surface area contributed by atoms with Gasteiger partial charge in [-0.05, 0) is 85.5 Å². The average molecular weight is 555 g/mol. The molecule has 0 radical (unpaired) electrons. The molecule has 3 aromatic rings. The van der Waals surface area contributed by atoms with Crippen LogP contribution in [-0.4, -0.2) is 22.4 Å². The largest absolute Gasteiger partial charge is 0.435 e. The minimum atomic E-state index is -4.78. The van der Waals surface area contributed by atoms with Gasteiger partial charge in [-0.1, -0.05) is 40.5 Å². The summed E-state index contributed by atoms with van der Waals surface area (Å²) < 4.78 is 60.7. The first kappa shape index (κ1) is 26.5. The molecule has 36 heavy (non-hydrogen) atoms. The molecule has 0 N–H and O–H groups in total. The summed E-state index contributed by atoms with van der Waals surface area (Å²) in [5, 5.41) is 3.92. The Labute approximate surface area is 218 Å². The number of rotatable bonds is 4. The first-order valence-electron chi connectivity index (χ1n) is 10.9. The van der Waals surface area contributed by atoms with Crippen LogP contribution in [0.2, 0.25) is 10.0 Å². The minimum absolute atomic E-state index is 0.0620. The van der Waals surface area contributed by atoms with Gasteiger partial charge in [0.25, 0.3) is 5.60 Å². The quantitative estimate of drug-likeness (QED) is 0.325. The Bertz CT molecular complexity index is 1470. The molecular formula is C26H23Cl2F3N2O2S. The van der Waals surface area contributed by atoms with Crippen molar-refractivity contribution in [1.82, 2.24) is 0 Å². The van der Waals surface area contributed by atoms with Gasteiger partial charge < -0.3 is 4.84 Å². The number of halogens is 5. The summed E-state index contributed by atoms with van der Waals surface area (Å²) in [6.07, 6.45) is -3.77. The fraction of sp³-hybridized carbons (Fsp3) is 0.269. The van der Waals surface area contributed by atoms with Gasteiger partial charge in [-0.25, -0.2) is 4.21 Å². The molecule has 2 atom stereocenters. The van der Waals surface area contributed by atoms with Gasteiger partial charge in [-0.15, -0.1) is 0 Å². The van der Waals surface area contributed by atoms with E-state index >= 15 is 0 Å². The molecule has 2 unspecified atom stereocenters. The van der Waals surface area contributed by atoms with Crippen molar-refractivity contribution in [3.63, 3.8) is 0 Å². The predicted molar refractivity (Wildman–Crippen MR) is 138 cm³/mol. The highest BCUT2D eigenvalue weighted by Gasteiger charge is 2.62. The highest BCUT2D eigenvalue weighted by molar-refractivity contribution is 7.93. The summed E-state index contributed by atoms with van der Waals surface area (Å²) in [6, 6.07) is 14.3. The lowest BCUT2D eigenvalue weighted by atomic mass is 9.86. The van der Waals surface area contributed by atoms with Crippen LogP contribution >= 0.6 is 23.2 Å². The van der Waals surface area contributed by atoms with Gasteiger partial charge in [0.1, 0.15) is 0 Å². The molecule has 0 fully saturated rings. The predicted octanol–water partition coefficient (Wildman–Crippen LogP) is 8.29. The fourth-order valence-electron chi connectivity index (χ4n) is 4.17. The van der Waals surface area contributed by atoms with Crippen LogP contribution in [0.5, 0.6) is 0 Å². The first-order valence-corrected chi connectivity index (χ1v) is 13.6. The molecule has 4 nitrogen and oxygen atoms in total. The number of benzene rings is 3. The number of aryl methyl sites for hydroxylation is 3. The van der Waals surface area contributed by atoms with Gasteiger partial charge >= 0.3 is 6.18 Å². The van der Waals surface area contributed by atoms with E-state index in [2.05, 4.69) is 9.52 Å². The Morgan fingerprint density at radius 3 is 2.14 bits per heavy atom. The molecule has 1 aliphatic rings. The zero-order valence-corrected chi connectivity index (χ0v) is 22.2. The van der Waals surface area contributed by atoms with Crippen molar-refractivity contribution in [1.29, 1.82) is 0 Å². The molecular weight excluding hydrogens is 532 g/mol. The average Bonchev–Trinajstić information content (AvgIpc) is 3.21. The second-order valence-electron chi connectivity index (χ2n) is 9.01. The van der Waals surface area contributed by atoms with Crippen LogP contribution in [0, 0.1) is 20.8 Å². The van der Waals surface area contributed by atoms with Crippen LogP contribution in [0.4, 0.5) is 18.9 Å². The standard InChI is InChI=1S/C26H23Cl2F3N2O2S/c1-15-7-16(2)9-22(8-15)36(4,34)33-23-6-5-18(10-17(23)3)24-14-25(35-32-24,26(29,30)31)19-11-20(27)13-21(28)12-19/h5-13H,14H2,1-4H3. The minimum Gasteiger partial charge on any atom is -0.374 e. The van der Waals surface area contributed by atoms with Gasteiger partial charge in [0, 0.05) is 33.2 Å². The van der Waals surface area contributed by atoms with Crippen molar-refractivity contribution in [3.05, 3.63) is 92.5 Å². The molecule has 1 aliphatic heterocycles. The maximum atomic E-state index is 14.3. The Hall–Kier alpha value is -2.55. The summed E-state index contributed by atoms with van der Waals surface area (Å²) >= 11 is 11.9. The zero-order valence-electron chi connectivity index (χ0n) is 19.9. The number of oxime groups is 1. The van der Waals surface area contributed by atoms with E-state index in [0.29, 0.717) is 21.7 Å². The Balaban J connectivity index is 1.69. The van der Waals surface area contributed by atoms with E-state index in [9.17, 15) is 17.4 Å². The topological polar surface area (TPSA) is 51.0 Å². The molecule has 0 aromatic heterocycles. The van der Waals surface area contributed by atoms with Crippen molar-refractivity contribution in [3.8, 4) is 0 Å². The molecule has 0 spiro atoms. The van der Waals surface area contributed by atoms with E-state index in [4.69, 9.17) is 28.0 Å². The third-order valence-corrected chi connectivity index (χ3v) is 8.04. The van der Waals surface area contributed by atoms with E-state index < -0.39 is 27.9 Å². The summed E-state index contributed by atoms with van der Waals surface area (Å²) in [7, 11) is -2.75. The molecule has 0 aliphatic carbocycles. The summed E-state index contributed by atoms with van der Waals surface area (Å²) in [6.45, 7) is 5.60. The van der Waals surface area contributed by atoms with Gasteiger partial charge in [0.05, 0.1) is 21.1 Å². The monoisotopic (exact) mass is 554 g/mol. The summed E-state index contributed by atoms with van der Waals surface area (Å²) in [4.78, 5) is 5.69. The lowest BCUT2D eigenvalue weighted by molar-refractivity contribution is -0.275. The van der Waals surface area contributed by atoms with Crippen molar-refractivity contribution >= 4 is 44.3 Å². The smallest absolute Gasteiger partial charge is 0.374 e. The van der Waals surface area contributed by atoms with E-state index in [1.165, 1.54) is 18.2 Å². The summed E-state index contributed by atoms with van der Waals surface area (Å²) in [5.41, 5.74) is 0.704. The number of hydrogen-bond donors (Lipinski definition) is 0. The van der Waals surface area contributed by atoms with Gasteiger partial charge in [-0.2, -0.15) is 17.5 Å². The van der Waals surface area contributed by atoms with Crippen LogP contribution < -0.4 is 0 Å². The third kappa shape index (κ3) is 5.12. The maximum Gasteiger partial charge on any atom is 0.435 e. The number of alkyl halides is 3.